The molecule has 0 aromatic heterocycles. The zero-order valence-electron chi connectivity index (χ0n) is 24.0. The topological polar surface area (TPSA) is 36.9 Å². The van der Waals surface area contributed by atoms with Gasteiger partial charge >= 0.3 is 0 Å². The monoisotopic (exact) mass is 576 g/mol. The van der Waals surface area contributed by atoms with Crippen LogP contribution in [0.25, 0.3) is 0 Å². The van der Waals surface area contributed by atoms with Crippen LogP contribution in [0.15, 0.2) is 140 Å². The first-order valence-electron chi connectivity index (χ1n) is 14.4. The van der Waals surface area contributed by atoms with Crippen molar-refractivity contribution in [3.63, 3.8) is 0 Å². The summed E-state index contributed by atoms with van der Waals surface area (Å²) in [7, 11) is 0. The number of hydrogen-bond acceptors (Lipinski definition) is 4. The first kappa shape index (κ1) is 28.7. The largest absolute Gasteiger partial charge is 0.458 e. The molecule has 0 saturated carbocycles. The van der Waals surface area contributed by atoms with Crippen LogP contribution in [-0.2, 0) is 0 Å². The minimum atomic E-state index is 0. The zero-order valence-corrected chi connectivity index (χ0v) is 24.0. The standard InChI is InChI=1S/C19H13BO2.C19H16O2.CH4/c1-12-9-10-14-18(11-12)22-17-8-4-7-16-19(17)20(14)13-5-2-3-6-15(13)21-16;1-15-7-5-10-17(13-15)21-19-12-6-11-18(14-19)20-16-8-3-2-4-9-16;/h2-11H,1H3;2-14H,1H3;1H4. The Hall–Kier alpha value is -5.42. The number of fused-ring (bicyclic) bond motifs is 4. The molecule has 0 bridgehead atoms. The third-order valence-corrected chi connectivity index (χ3v) is 7.47. The van der Waals surface area contributed by atoms with Crippen LogP contribution in [0.3, 0.4) is 0 Å². The van der Waals surface area contributed by atoms with Crippen molar-refractivity contribution in [1.29, 1.82) is 0 Å². The first-order valence-corrected chi connectivity index (χ1v) is 14.4. The minimum absolute atomic E-state index is 0. The summed E-state index contributed by atoms with van der Waals surface area (Å²) in [6.45, 7) is 4.32. The minimum Gasteiger partial charge on any atom is -0.458 e. The van der Waals surface area contributed by atoms with Gasteiger partial charge in [0.05, 0.1) is 0 Å². The van der Waals surface area contributed by atoms with Gasteiger partial charge in [-0.1, -0.05) is 80.2 Å². The van der Waals surface area contributed by atoms with E-state index in [0.29, 0.717) is 0 Å². The van der Waals surface area contributed by atoms with E-state index in [0.717, 1.165) is 51.5 Å². The van der Waals surface area contributed by atoms with Crippen molar-refractivity contribution in [3.8, 4) is 46.0 Å². The highest BCUT2D eigenvalue weighted by atomic mass is 16.5. The van der Waals surface area contributed by atoms with Crippen molar-refractivity contribution in [3.05, 3.63) is 151 Å². The number of para-hydroxylation sites is 2. The highest BCUT2D eigenvalue weighted by Gasteiger charge is 2.39. The molecule has 0 N–H and O–H groups in total. The quantitative estimate of drug-likeness (QED) is 0.196. The first-order chi connectivity index (χ1) is 21.1. The SMILES string of the molecule is C.Cc1ccc2c(c1)Oc1cccc3c1B2c1ccccc1O3.Cc1cccc(Oc2cccc(Oc3ccccc3)c2)c1. The maximum absolute atomic E-state index is 6.14. The number of rotatable bonds is 4. The van der Waals surface area contributed by atoms with Crippen LogP contribution >= 0.6 is 0 Å². The maximum Gasteiger partial charge on any atom is 0.260 e. The molecule has 0 saturated heterocycles. The smallest absolute Gasteiger partial charge is 0.260 e. The lowest BCUT2D eigenvalue weighted by Crippen LogP contribution is -2.57. The Morgan fingerprint density at radius 3 is 1.70 bits per heavy atom. The fourth-order valence-corrected chi connectivity index (χ4v) is 5.52. The summed E-state index contributed by atoms with van der Waals surface area (Å²) in [6, 6.07) is 46.0. The van der Waals surface area contributed by atoms with Gasteiger partial charge in [0.1, 0.15) is 46.0 Å². The summed E-state index contributed by atoms with van der Waals surface area (Å²) in [6.07, 6.45) is 0. The maximum atomic E-state index is 6.14. The lowest BCUT2D eigenvalue weighted by atomic mass is 9.35. The molecule has 216 valence electrons. The van der Waals surface area contributed by atoms with Gasteiger partial charge in [-0.25, -0.2) is 0 Å². The van der Waals surface area contributed by atoms with Gasteiger partial charge in [0.15, 0.2) is 0 Å². The second kappa shape index (κ2) is 12.4. The third-order valence-electron chi connectivity index (χ3n) is 7.47. The van der Waals surface area contributed by atoms with Crippen molar-refractivity contribution in [2.24, 2.45) is 0 Å². The summed E-state index contributed by atoms with van der Waals surface area (Å²) < 4.78 is 23.9. The highest BCUT2D eigenvalue weighted by molar-refractivity contribution is 6.98. The molecule has 0 fully saturated rings. The van der Waals surface area contributed by atoms with Gasteiger partial charge in [0.25, 0.3) is 6.71 Å². The Labute approximate surface area is 259 Å². The second-order valence-electron chi connectivity index (χ2n) is 10.7. The molecule has 0 unspecified atom stereocenters. The van der Waals surface area contributed by atoms with Crippen LogP contribution in [0.1, 0.15) is 18.6 Å². The van der Waals surface area contributed by atoms with E-state index in [1.165, 1.54) is 22.1 Å². The van der Waals surface area contributed by atoms with Crippen molar-refractivity contribution in [2.45, 2.75) is 21.3 Å². The molecule has 5 heteroatoms. The van der Waals surface area contributed by atoms with E-state index in [4.69, 9.17) is 18.9 Å². The van der Waals surface area contributed by atoms with Gasteiger partial charge in [0, 0.05) is 11.5 Å². The van der Waals surface area contributed by atoms with Crippen molar-refractivity contribution >= 4 is 23.1 Å². The second-order valence-corrected chi connectivity index (χ2v) is 10.7. The molecule has 0 atom stereocenters. The molecule has 2 aliphatic heterocycles. The summed E-state index contributed by atoms with van der Waals surface area (Å²) in [4.78, 5) is 0. The van der Waals surface area contributed by atoms with Crippen LogP contribution < -0.4 is 35.3 Å². The average molecular weight is 577 g/mol. The molecule has 6 aromatic carbocycles. The highest BCUT2D eigenvalue weighted by Crippen LogP contribution is 2.34. The molecule has 4 nitrogen and oxygen atoms in total. The predicted molar refractivity (Wildman–Crippen MR) is 180 cm³/mol. The van der Waals surface area contributed by atoms with Crippen LogP contribution in [0.5, 0.6) is 46.0 Å². The van der Waals surface area contributed by atoms with Crippen molar-refractivity contribution in [2.75, 3.05) is 0 Å². The van der Waals surface area contributed by atoms with Crippen LogP contribution in [0.4, 0.5) is 0 Å². The Bertz CT molecular complexity index is 1920. The van der Waals surface area contributed by atoms with Gasteiger partial charge in [0.2, 0.25) is 0 Å². The van der Waals surface area contributed by atoms with E-state index in [1.807, 2.05) is 116 Å². The fourth-order valence-electron chi connectivity index (χ4n) is 5.52. The van der Waals surface area contributed by atoms with Crippen molar-refractivity contribution in [1.82, 2.24) is 0 Å². The normalized spacial score (nSPS) is 11.5. The van der Waals surface area contributed by atoms with E-state index in [9.17, 15) is 0 Å². The summed E-state index contributed by atoms with van der Waals surface area (Å²) in [5.41, 5.74) is 5.93. The fraction of sp³-hybridized carbons (Fsp3) is 0.0769. The van der Waals surface area contributed by atoms with E-state index >= 15 is 0 Å². The third kappa shape index (κ3) is 5.90. The molecule has 2 aliphatic rings. The van der Waals surface area contributed by atoms with E-state index in [1.54, 1.807) is 0 Å². The van der Waals surface area contributed by atoms with Crippen LogP contribution in [0.2, 0.25) is 0 Å². The number of benzene rings is 6. The van der Waals surface area contributed by atoms with Gasteiger partial charge < -0.3 is 18.9 Å². The summed E-state index contributed by atoms with van der Waals surface area (Å²) >= 11 is 0. The Morgan fingerprint density at radius 1 is 0.432 bits per heavy atom. The molecule has 0 radical (unpaired) electrons. The number of aryl methyl sites for hydroxylation is 2. The van der Waals surface area contributed by atoms with Crippen molar-refractivity contribution < 1.29 is 18.9 Å². The predicted octanol–water partition coefficient (Wildman–Crippen LogP) is 8.94. The van der Waals surface area contributed by atoms with E-state index in [2.05, 4.69) is 37.3 Å². The van der Waals surface area contributed by atoms with Crippen LogP contribution in [-0.4, -0.2) is 6.71 Å². The van der Waals surface area contributed by atoms with Gasteiger partial charge in [-0.05, 0) is 96.6 Å². The molecule has 2 heterocycles. The zero-order chi connectivity index (χ0) is 29.2. The van der Waals surface area contributed by atoms with Crippen LogP contribution in [0, 0.1) is 13.8 Å². The molecule has 0 amide bonds. The number of hydrogen-bond donors (Lipinski definition) is 0. The van der Waals surface area contributed by atoms with Gasteiger partial charge in [-0.15, -0.1) is 0 Å². The molecule has 0 spiro atoms. The number of ether oxygens (including phenoxy) is 4. The molecule has 8 rings (SSSR count). The Balaban J connectivity index is 0.000000153. The average Bonchev–Trinajstić information content (AvgIpc) is 3.02. The Morgan fingerprint density at radius 2 is 0.955 bits per heavy atom. The molecule has 44 heavy (non-hydrogen) atoms. The summed E-state index contributed by atoms with van der Waals surface area (Å²) in [5, 5.41) is 0. The molecule has 0 aliphatic carbocycles. The van der Waals surface area contributed by atoms with E-state index in [-0.39, 0.29) is 14.1 Å². The molecule has 6 aromatic rings. The Kier molecular flexibility index (Phi) is 8.11. The van der Waals surface area contributed by atoms with Gasteiger partial charge in [-0.2, -0.15) is 0 Å². The lowest BCUT2D eigenvalue weighted by Gasteiger charge is -2.32. The lowest BCUT2D eigenvalue weighted by molar-refractivity contribution is 0.460. The molecular formula is C39H33BO4. The summed E-state index contributed by atoms with van der Waals surface area (Å²) in [5.74, 6) is 6.83. The molecular weight excluding hydrogens is 543 g/mol. The van der Waals surface area contributed by atoms with E-state index < -0.39 is 0 Å². The van der Waals surface area contributed by atoms with Gasteiger partial charge in [-0.3, -0.25) is 0 Å².